The van der Waals surface area contributed by atoms with Gasteiger partial charge >= 0.3 is 0 Å². The van der Waals surface area contributed by atoms with Crippen LogP contribution in [0.4, 0.5) is 0 Å². The molecule has 98 valence electrons. The van der Waals surface area contributed by atoms with E-state index >= 15 is 0 Å². The number of benzene rings is 2. The highest BCUT2D eigenvalue weighted by molar-refractivity contribution is 7.80. The summed E-state index contributed by atoms with van der Waals surface area (Å²) in [6.45, 7) is 2.83. The normalized spacial score (nSPS) is 10.2. The van der Waals surface area contributed by atoms with Crippen molar-refractivity contribution < 1.29 is 4.74 Å². The molecule has 0 bridgehead atoms. The van der Waals surface area contributed by atoms with Crippen molar-refractivity contribution in [1.82, 2.24) is 0 Å². The number of nitrogens with two attached hydrogens (primary N) is 1. The van der Waals surface area contributed by atoms with Crippen molar-refractivity contribution in [2.75, 3.05) is 6.61 Å². The van der Waals surface area contributed by atoms with E-state index in [9.17, 15) is 0 Å². The van der Waals surface area contributed by atoms with E-state index in [2.05, 4.69) is 6.92 Å². The fraction of sp³-hybridized carbons (Fsp3) is 0.188. The lowest BCUT2D eigenvalue weighted by Gasteiger charge is -2.09. The van der Waals surface area contributed by atoms with Crippen molar-refractivity contribution >= 4 is 17.2 Å². The molecule has 0 aliphatic rings. The van der Waals surface area contributed by atoms with Gasteiger partial charge in [0.25, 0.3) is 0 Å². The molecule has 0 radical (unpaired) electrons. The number of ether oxygens (including phenoxy) is 1. The third-order valence-electron chi connectivity index (χ3n) is 2.83. The summed E-state index contributed by atoms with van der Waals surface area (Å²) in [6.07, 6.45) is 1.01. The van der Waals surface area contributed by atoms with E-state index in [0.717, 1.165) is 35.5 Å². The molecule has 0 heterocycles. The summed E-state index contributed by atoms with van der Waals surface area (Å²) in [5.74, 6) is 0.887. The molecular formula is C16H17NOS. The highest BCUT2D eigenvalue weighted by atomic mass is 32.1. The van der Waals surface area contributed by atoms with E-state index in [4.69, 9.17) is 22.7 Å². The second kappa shape index (κ2) is 6.34. The topological polar surface area (TPSA) is 35.2 Å². The van der Waals surface area contributed by atoms with Crippen LogP contribution in [0, 0.1) is 0 Å². The summed E-state index contributed by atoms with van der Waals surface area (Å²) in [5.41, 5.74) is 8.80. The Morgan fingerprint density at radius 2 is 1.79 bits per heavy atom. The minimum absolute atomic E-state index is 0.418. The van der Waals surface area contributed by atoms with Gasteiger partial charge in [0.05, 0.1) is 6.61 Å². The molecule has 0 aliphatic carbocycles. The van der Waals surface area contributed by atoms with E-state index in [1.54, 1.807) is 0 Å². The number of hydrogen-bond acceptors (Lipinski definition) is 2. The van der Waals surface area contributed by atoms with Gasteiger partial charge in [-0.05, 0) is 29.7 Å². The lowest BCUT2D eigenvalue weighted by Crippen LogP contribution is -2.10. The Labute approximate surface area is 119 Å². The quantitative estimate of drug-likeness (QED) is 0.841. The minimum atomic E-state index is 0.418. The van der Waals surface area contributed by atoms with Crippen LogP contribution >= 0.6 is 12.2 Å². The lowest BCUT2D eigenvalue weighted by atomic mass is 10.00. The van der Waals surface area contributed by atoms with E-state index in [1.165, 1.54) is 0 Å². The summed E-state index contributed by atoms with van der Waals surface area (Å²) in [7, 11) is 0. The Bertz CT molecular complexity index is 563. The van der Waals surface area contributed by atoms with Crippen LogP contribution in [0.15, 0.2) is 48.5 Å². The van der Waals surface area contributed by atoms with Gasteiger partial charge in [-0.15, -0.1) is 0 Å². The summed E-state index contributed by atoms with van der Waals surface area (Å²) in [6, 6.07) is 15.9. The molecule has 3 heteroatoms. The highest BCUT2D eigenvalue weighted by Gasteiger charge is 2.06. The highest BCUT2D eigenvalue weighted by Crippen LogP contribution is 2.25. The molecule has 2 nitrogen and oxygen atoms in total. The van der Waals surface area contributed by atoms with Crippen LogP contribution in [-0.2, 0) is 0 Å². The Hall–Kier alpha value is -1.87. The van der Waals surface area contributed by atoms with Crippen molar-refractivity contribution in [2.24, 2.45) is 5.73 Å². The maximum absolute atomic E-state index is 5.75. The predicted molar refractivity (Wildman–Crippen MR) is 83.6 cm³/mol. The molecule has 2 rings (SSSR count). The average Bonchev–Trinajstić information content (AvgIpc) is 2.45. The maximum atomic E-state index is 5.75. The molecule has 0 saturated carbocycles. The zero-order valence-electron chi connectivity index (χ0n) is 10.9. The Morgan fingerprint density at radius 3 is 2.42 bits per heavy atom. The van der Waals surface area contributed by atoms with Crippen LogP contribution in [-0.4, -0.2) is 11.6 Å². The number of thiocarbonyl (C=S) groups is 1. The van der Waals surface area contributed by atoms with E-state index in [1.807, 2.05) is 48.5 Å². The second-order valence-corrected chi connectivity index (χ2v) is 4.72. The predicted octanol–water partition coefficient (Wildman–Crippen LogP) is 3.78. The third kappa shape index (κ3) is 3.32. The molecule has 2 aromatic carbocycles. The zero-order chi connectivity index (χ0) is 13.7. The minimum Gasteiger partial charge on any atom is -0.494 e. The summed E-state index contributed by atoms with van der Waals surface area (Å²) in [4.78, 5) is 0.418. The SMILES string of the molecule is CCCOc1ccc(-c2ccccc2C(N)=S)cc1. The standard InChI is InChI=1S/C16H17NOS/c1-2-11-18-13-9-7-12(8-10-13)14-5-3-4-6-15(14)16(17)19/h3-10H,2,11H2,1H3,(H2,17,19). The lowest BCUT2D eigenvalue weighted by molar-refractivity contribution is 0.317. The average molecular weight is 271 g/mol. The second-order valence-electron chi connectivity index (χ2n) is 4.28. The van der Waals surface area contributed by atoms with Gasteiger partial charge in [0, 0.05) is 5.56 Å². The summed E-state index contributed by atoms with van der Waals surface area (Å²) < 4.78 is 5.57. The van der Waals surface area contributed by atoms with E-state index in [0.29, 0.717) is 4.99 Å². The van der Waals surface area contributed by atoms with Crippen molar-refractivity contribution in [3.05, 3.63) is 54.1 Å². The van der Waals surface area contributed by atoms with Crippen molar-refractivity contribution in [3.8, 4) is 16.9 Å². The molecule has 0 amide bonds. The van der Waals surface area contributed by atoms with Gasteiger partial charge in [0.15, 0.2) is 0 Å². The van der Waals surface area contributed by atoms with Gasteiger partial charge < -0.3 is 10.5 Å². The van der Waals surface area contributed by atoms with Crippen LogP contribution < -0.4 is 10.5 Å². The molecule has 0 aliphatic heterocycles. The van der Waals surface area contributed by atoms with Gasteiger partial charge in [0.1, 0.15) is 10.7 Å². The monoisotopic (exact) mass is 271 g/mol. The molecule has 19 heavy (non-hydrogen) atoms. The Balaban J connectivity index is 2.30. The number of hydrogen-bond donors (Lipinski definition) is 1. The van der Waals surface area contributed by atoms with Crippen molar-refractivity contribution in [2.45, 2.75) is 13.3 Å². The van der Waals surface area contributed by atoms with Gasteiger partial charge in [-0.1, -0.05) is 55.5 Å². The first-order valence-electron chi connectivity index (χ1n) is 6.34. The fourth-order valence-electron chi connectivity index (χ4n) is 1.90. The van der Waals surface area contributed by atoms with Crippen LogP contribution in [0.5, 0.6) is 5.75 Å². The molecule has 0 saturated heterocycles. The maximum Gasteiger partial charge on any atom is 0.119 e. The molecule has 0 spiro atoms. The van der Waals surface area contributed by atoms with Gasteiger partial charge in [-0.25, -0.2) is 0 Å². The van der Waals surface area contributed by atoms with E-state index in [-0.39, 0.29) is 0 Å². The Kier molecular flexibility index (Phi) is 4.53. The van der Waals surface area contributed by atoms with Crippen LogP contribution in [0.1, 0.15) is 18.9 Å². The first-order valence-corrected chi connectivity index (χ1v) is 6.75. The molecular weight excluding hydrogens is 254 g/mol. The van der Waals surface area contributed by atoms with Gasteiger partial charge in [-0.2, -0.15) is 0 Å². The third-order valence-corrected chi connectivity index (χ3v) is 3.05. The largest absolute Gasteiger partial charge is 0.494 e. The molecule has 0 atom stereocenters. The molecule has 0 aromatic heterocycles. The first-order chi connectivity index (χ1) is 9.22. The van der Waals surface area contributed by atoms with Crippen LogP contribution in [0.2, 0.25) is 0 Å². The zero-order valence-corrected chi connectivity index (χ0v) is 11.7. The van der Waals surface area contributed by atoms with Crippen LogP contribution in [0.3, 0.4) is 0 Å². The molecule has 2 aromatic rings. The molecule has 2 N–H and O–H groups in total. The summed E-state index contributed by atoms with van der Waals surface area (Å²) >= 11 is 5.09. The van der Waals surface area contributed by atoms with Crippen LogP contribution in [0.25, 0.3) is 11.1 Å². The fourth-order valence-corrected chi connectivity index (χ4v) is 2.08. The smallest absolute Gasteiger partial charge is 0.119 e. The first kappa shape index (κ1) is 13.6. The molecule has 0 unspecified atom stereocenters. The van der Waals surface area contributed by atoms with E-state index < -0.39 is 0 Å². The van der Waals surface area contributed by atoms with Crippen molar-refractivity contribution in [1.29, 1.82) is 0 Å². The van der Waals surface area contributed by atoms with Gasteiger partial charge in [0.2, 0.25) is 0 Å². The number of rotatable bonds is 5. The van der Waals surface area contributed by atoms with Crippen molar-refractivity contribution in [3.63, 3.8) is 0 Å². The Morgan fingerprint density at radius 1 is 1.11 bits per heavy atom. The van der Waals surface area contributed by atoms with Gasteiger partial charge in [-0.3, -0.25) is 0 Å². The molecule has 0 fully saturated rings. The summed E-state index contributed by atoms with van der Waals surface area (Å²) in [5, 5.41) is 0.